The summed E-state index contributed by atoms with van der Waals surface area (Å²) in [7, 11) is 0. The number of aromatic nitrogens is 3. The zero-order chi connectivity index (χ0) is 12.5. The number of anilines is 1. The minimum Gasteiger partial charge on any atom is -0.399 e. The molecule has 0 unspecified atom stereocenters. The number of nitrogens with one attached hydrogen (secondary N) is 1. The van der Waals surface area contributed by atoms with Crippen molar-refractivity contribution in [3.8, 4) is 11.4 Å². The molecule has 7 heteroatoms. The molecule has 1 aromatic heterocycles. The number of alkyl halides is 3. The number of nitrogens with two attached hydrogens (primary N) is 1. The van der Waals surface area contributed by atoms with Crippen LogP contribution in [0.1, 0.15) is 5.82 Å². The van der Waals surface area contributed by atoms with Crippen LogP contribution in [0.5, 0.6) is 0 Å². The smallest absolute Gasteiger partial charge is 0.396 e. The van der Waals surface area contributed by atoms with Gasteiger partial charge in [-0.1, -0.05) is 12.1 Å². The fourth-order valence-electron chi connectivity index (χ4n) is 1.37. The molecule has 3 N–H and O–H groups in total. The summed E-state index contributed by atoms with van der Waals surface area (Å²) in [6.07, 6.45) is -5.42. The summed E-state index contributed by atoms with van der Waals surface area (Å²) >= 11 is 0. The number of rotatable bonds is 2. The number of aromatic amines is 1. The van der Waals surface area contributed by atoms with Crippen LogP contribution in [0.3, 0.4) is 0 Å². The first kappa shape index (κ1) is 11.4. The predicted octanol–water partition coefficient (Wildman–Crippen LogP) is 2.16. The van der Waals surface area contributed by atoms with Gasteiger partial charge in [0.25, 0.3) is 0 Å². The van der Waals surface area contributed by atoms with Gasteiger partial charge in [0, 0.05) is 11.3 Å². The number of H-pyrrole nitrogens is 1. The Kier molecular flexibility index (Phi) is 2.74. The van der Waals surface area contributed by atoms with Crippen LogP contribution in [0.4, 0.5) is 18.9 Å². The summed E-state index contributed by atoms with van der Waals surface area (Å²) < 4.78 is 36.3. The molecule has 0 radical (unpaired) electrons. The Hall–Kier alpha value is -2.05. The van der Waals surface area contributed by atoms with E-state index in [1.807, 2.05) is 0 Å². The van der Waals surface area contributed by atoms with Crippen LogP contribution in [0.2, 0.25) is 0 Å². The van der Waals surface area contributed by atoms with Gasteiger partial charge in [0.2, 0.25) is 0 Å². The van der Waals surface area contributed by atoms with E-state index in [1.54, 1.807) is 24.3 Å². The Labute approximate surface area is 94.7 Å². The van der Waals surface area contributed by atoms with Crippen LogP contribution in [-0.4, -0.2) is 21.4 Å². The fourth-order valence-corrected chi connectivity index (χ4v) is 1.37. The van der Waals surface area contributed by atoms with E-state index in [9.17, 15) is 13.2 Å². The number of benzene rings is 1. The van der Waals surface area contributed by atoms with Crippen molar-refractivity contribution in [1.29, 1.82) is 0 Å². The molecule has 1 aromatic carbocycles. The molecule has 0 amide bonds. The Bertz CT molecular complexity index is 518. The number of nitrogens with zero attached hydrogens (tertiary/aromatic N) is 2. The van der Waals surface area contributed by atoms with Gasteiger partial charge in [-0.2, -0.15) is 18.3 Å². The van der Waals surface area contributed by atoms with Gasteiger partial charge in [-0.25, -0.2) is 4.98 Å². The predicted molar refractivity (Wildman–Crippen MR) is 56.0 cm³/mol. The van der Waals surface area contributed by atoms with Gasteiger partial charge in [-0.3, -0.25) is 5.10 Å². The minimum atomic E-state index is -4.30. The average molecular weight is 242 g/mol. The zero-order valence-corrected chi connectivity index (χ0v) is 8.62. The molecule has 0 atom stereocenters. The fraction of sp³-hybridized carbons (Fsp3) is 0.200. The second-order valence-electron chi connectivity index (χ2n) is 3.52. The van der Waals surface area contributed by atoms with Gasteiger partial charge >= 0.3 is 6.18 Å². The van der Waals surface area contributed by atoms with E-state index in [0.29, 0.717) is 11.3 Å². The highest BCUT2D eigenvalue weighted by Gasteiger charge is 2.29. The van der Waals surface area contributed by atoms with Gasteiger partial charge in [0.1, 0.15) is 12.2 Å². The molecular formula is C10H9F3N4. The van der Waals surface area contributed by atoms with E-state index in [0.717, 1.165) is 0 Å². The van der Waals surface area contributed by atoms with Crippen LogP contribution >= 0.6 is 0 Å². The van der Waals surface area contributed by atoms with E-state index in [4.69, 9.17) is 5.73 Å². The largest absolute Gasteiger partial charge is 0.399 e. The Morgan fingerprint density at radius 3 is 2.71 bits per heavy atom. The van der Waals surface area contributed by atoms with E-state index < -0.39 is 12.6 Å². The summed E-state index contributed by atoms with van der Waals surface area (Å²) in [6.45, 7) is 0. The standard InChI is InChI=1S/C10H9F3N4/c11-10(12,13)5-8-15-9(17-16-8)6-2-1-3-7(14)4-6/h1-4H,5,14H2,(H,15,16,17). The monoisotopic (exact) mass is 242 g/mol. The van der Waals surface area contributed by atoms with Crippen molar-refractivity contribution in [2.45, 2.75) is 12.6 Å². The quantitative estimate of drug-likeness (QED) is 0.793. The van der Waals surface area contributed by atoms with Gasteiger partial charge < -0.3 is 5.73 Å². The lowest BCUT2D eigenvalue weighted by Gasteiger charge is -2.01. The second-order valence-corrected chi connectivity index (χ2v) is 3.52. The van der Waals surface area contributed by atoms with Crippen molar-refractivity contribution in [3.63, 3.8) is 0 Å². The molecule has 0 saturated carbocycles. The molecule has 17 heavy (non-hydrogen) atoms. The average Bonchev–Trinajstić information content (AvgIpc) is 2.63. The summed E-state index contributed by atoms with van der Waals surface area (Å²) in [5.74, 6) is -0.00789. The first-order valence-electron chi connectivity index (χ1n) is 4.78. The Morgan fingerprint density at radius 1 is 1.29 bits per heavy atom. The van der Waals surface area contributed by atoms with Gasteiger partial charge in [0.05, 0.1) is 0 Å². The molecule has 0 aliphatic rings. The summed E-state index contributed by atoms with van der Waals surface area (Å²) in [5, 5.41) is 5.98. The van der Waals surface area contributed by atoms with Crippen molar-refractivity contribution >= 4 is 5.69 Å². The Balaban J connectivity index is 2.24. The highest BCUT2D eigenvalue weighted by atomic mass is 19.4. The number of nitrogen functional groups attached to an aromatic ring is 1. The zero-order valence-electron chi connectivity index (χ0n) is 8.62. The molecule has 0 aliphatic carbocycles. The molecule has 0 bridgehead atoms. The van der Waals surface area contributed by atoms with Gasteiger partial charge in [0.15, 0.2) is 5.82 Å². The molecule has 90 valence electrons. The van der Waals surface area contributed by atoms with Crippen LogP contribution in [0, 0.1) is 0 Å². The highest BCUT2D eigenvalue weighted by molar-refractivity contribution is 5.60. The molecule has 2 rings (SSSR count). The summed E-state index contributed by atoms with van der Waals surface area (Å²) in [5.41, 5.74) is 6.64. The maximum Gasteiger partial charge on any atom is 0.396 e. The maximum atomic E-state index is 12.1. The Morgan fingerprint density at radius 2 is 2.06 bits per heavy atom. The third-order valence-electron chi connectivity index (χ3n) is 2.04. The summed E-state index contributed by atoms with van der Waals surface area (Å²) in [4.78, 5) is 3.76. The van der Waals surface area contributed by atoms with Crippen LogP contribution in [0.15, 0.2) is 24.3 Å². The number of hydrogen-bond donors (Lipinski definition) is 2. The maximum absolute atomic E-state index is 12.1. The van der Waals surface area contributed by atoms with Crippen molar-refractivity contribution in [2.24, 2.45) is 0 Å². The lowest BCUT2D eigenvalue weighted by atomic mass is 10.2. The normalized spacial score (nSPS) is 11.7. The van der Waals surface area contributed by atoms with Crippen LogP contribution in [-0.2, 0) is 6.42 Å². The first-order valence-corrected chi connectivity index (χ1v) is 4.78. The molecule has 1 heterocycles. The van der Waals surface area contributed by atoms with Crippen LogP contribution in [0.25, 0.3) is 11.4 Å². The molecule has 0 spiro atoms. The topological polar surface area (TPSA) is 67.6 Å². The minimum absolute atomic E-state index is 0.205. The SMILES string of the molecule is Nc1cccc(-c2n[nH]c(CC(F)(F)F)n2)c1. The molecule has 4 nitrogen and oxygen atoms in total. The van der Waals surface area contributed by atoms with Crippen LogP contribution < -0.4 is 5.73 Å². The number of halogens is 3. The first-order chi connectivity index (χ1) is 7.94. The van der Waals surface area contributed by atoms with E-state index in [2.05, 4.69) is 15.2 Å². The molecular weight excluding hydrogens is 233 g/mol. The lowest BCUT2D eigenvalue weighted by Crippen LogP contribution is -2.12. The molecule has 0 saturated heterocycles. The van der Waals surface area contributed by atoms with Crippen molar-refractivity contribution in [1.82, 2.24) is 15.2 Å². The molecule has 0 fully saturated rings. The summed E-state index contributed by atoms with van der Waals surface area (Å²) in [6, 6.07) is 6.63. The van der Waals surface area contributed by atoms with E-state index in [1.165, 1.54) is 0 Å². The van der Waals surface area contributed by atoms with Crippen molar-refractivity contribution in [2.75, 3.05) is 5.73 Å². The number of hydrogen-bond acceptors (Lipinski definition) is 3. The lowest BCUT2D eigenvalue weighted by molar-refractivity contribution is -0.128. The van der Waals surface area contributed by atoms with E-state index >= 15 is 0 Å². The van der Waals surface area contributed by atoms with Crippen molar-refractivity contribution in [3.05, 3.63) is 30.1 Å². The molecule has 2 aromatic rings. The third kappa shape index (κ3) is 2.96. The molecule has 0 aliphatic heterocycles. The highest BCUT2D eigenvalue weighted by Crippen LogP contribution is 2.21. The van der Waals surface area contributed by atoms with Crippen molar-refractivity contribution < 1.29 is 13.2 Å². The second kappa shape index (κ2) is 4.08. The van der Waals surface area contributed by atoms with E-state index in [-0.39, 0.29) is 11.6 Å². The van der Waals surface area contributed by atoms with Gasteiger partial charge in [-0.15, -0.1) is 0 Å². The van der Waals surface area contributed by atoms with Gasteiger partial charge in [-0.05, 0) is 12.1 Å². The third-order valence-corrected chi connectivity index (χ3v) is 2.04.